The van der Waals surface area contributed by atoms with Gasteiger partial charge in [-0.3, -0.25) is 0 Å². The van der Waals surface area contributed by atoms with Gasteiger partial charge < -0.3 is 15.0 Å². The summed E-state index contributed by atoms with van der Waals surface area (Å²) >= 11 is 0. The van der Waals surface area contributed by atoms with Crippen molar-refractivity contribution in [3.63, 3.8) is 0 Å². The van der Waals surface area contributed by atoms with Crippen molar-refractivity contribution in [2.24, 2.45) is 0 Å². The van der Waals surface area contributed by atoms with E-state index in [1.807, 2.05) is 12.1 Å². The van der Waals surface area contributed by atoms with Crippen LogP contribution in [-0.4, -0.2) is 42.5 Å². The van der Waals surface area contributed by atoms with E-state index < -0.39 is 0 Å². The van der Waals surface area contributed by atoms with Gasteiger partial charge in [-0.05, 0) is 12.5 Å². The summed E-state index contributed by atoms with van der Waals surface area (Å²) in [6.07, 6.45) is 1.23. The second-order valence-electron chi connectivity index (χ2n) is 4.08. The molecule has 3 rings (SSSR count). The van der Waals surface area contributed by atoms with E-state index in [9.17, 15) is 0 Å². The van der Waals surface area contributed by atoms with E-state index in [-0.39, 0.29) is 0 Å². The van der Waals surface area contributed by atoms with Crippen molar-refractivity contribution in [1.82, 2.24) is 15.5 Å². The molecule has 2 bridgehead atoms. The molecule has 5 heteroatoms. The summed E-state index contributed by atoms with van der Waals surface area (Å²) in [6.45, 7) is 2.12. The van der Waals surface area contributed by atoms with Crippen LogP contribution in [0.5, 0.6) is 5.88 Å². The van der Waals surface area contributed by atoms with Gasteiger partial charge in [-0.25, -0.2) is 0 Å². The highest BCUT2D eigenvalue weighted by molar-refractivity contribution is 5.43. The molecule has 2 saturated heterocycles. The Labute approximate surface area is 88.4 Å². The van der Waals surface area contributed by atoms with Crippen LogP contribution >= 0.6 is 0 Å². The highest BCUT2D eigenvalue weighted by atomic mass is 16.5. The van der Waals surface area contributed by atoms with Crippen molar-refractivity contribution >= 4 is 5.82 Å². The molecule has 2 aliphatic heterocycles. The molecule has 3 heterocycles. The van der Waals surface area contributed by atoms with Crippen LogP contribution in [0.3, 0.4) is 0 Å². The van der Waals surface area contributed by atoms with Crippen molar-refractivity contribution in [3.05, 3.63) is 12.1 Å². The number of anilines is 1. The van der Waals surface area contributed by atoms with Gasteiger partial charge in [-0.15, -0.1) is 10.2 Å². The van der Waals surface area contributed by atoms with Gasteiger partial charge >= 0.3 is 0 Å². The fourth-order valence-electron chi connectivity index (χ4n) is 2.42. The zero-order chi connectivity index (χ0) is 10.3. The maximum absolute atomic E-state index is 4.99. The first-order valence-corrected chi connectivity index (χ1v) is 5.24. The van der Waals surface area contributed by atoms with Gasteiger partial charge in [0.2, 0.25) is 5.88 Å². The van der Waals surface area contributed by atoms with Gasteiger partial charge in [0.25, 0.3) is 0 Å². The third-order valence-corrected chi connectivity index (χ3v) is 3.19. The van der Waals surface area contributed by atoms with Crippen LogP contribution in [0.4, 0.5) is 5.82 Å². The third kappa shape index (κ3) is 1.43. The van der Waals surface area contributed by atoms with Crippen molar-refractivity contribution in [1.29, 1.82) is 0 Å². The lowest BCUT2D eigenvalue weighted by Crippen LogP contribution is -2.44. The van der Waals surface area contributed by atoms with Gasteiger partial charge in [0.05, 0.1) is 7.11 Å². The quantitative estimate of drug-likeness (QED) is 0.740. The SMILES string of the molecule is COc1ccc(N2C[C@@H]3C[C@H]2CN3)nn1. The molecule has 15 heavy (non-hydrogen) atoms. The lowest BCUT2D eigenvalue weighted by Gasteiger charge is -2.27. The summed E-state index contributed by atoms with van der Waals surface area (Å²) in [6, 6.07) is 5.07. The molecule has 1 aromatic heterocycles. The molecular formula is C10H14N4O. The fourth-order valence-corrected chi connectivity index (χ4v) is 2.42. The predicted octanol–water partition coefficient (Wildman–Crippen LogP) is 0.0357. The Balaban J connectivity index is 1.81. The molecule has 0 saturated carbocycles. The van der Waals surface area contributed by atoms with E-state index in [1.54, 1.807) is 7.11 Å². The average Bonchev–Trinajstić information content (AvgIpc) is 2.91. The molecule has 80 valence electrons. The number of nitrogens with one attached hydrogen (secondary N) is 1. The summed E-state index contributed by atoms with van der Waals surface area (Å²) in [5.41, 5.74) is 0. The molecule has 5 nitrogen and oxygen atoms in total. The summed E-state index contributed by atoms with van der Waals surface area (Å²) in [5.74, 6) is 1.53. The van der Waals surface area contributed by atoms with Crippen LogP contribution in [0.15, 0.2) is 12.1 Å². The number of rotatable bonds is 2. The van der Waals surface area contributed by atoms with Crippen LogP contribution < -0.4 is 15.0 Å². The van der Waals surface area contributed by atoms with E-state index in [2.05, 4.69) is 20.4 Å². The Morgan fingerprint density at radius 1 is 1.47 bits per heavy atom. The lowest BCUT2D eigenvalue weighted by atomic mass is 10.2. The minimum absolute atomic E-state index is 0.571. The molecule has 1 aromatic rings. The van der Waals surface area contributed by atoms with E-state index in [0.717, 1.165) is 18.9 Å². The molecule has 0 aliphatic carbocycles. The van der Waals surface area contributed by atoms with Gasteiger partial charge in [0.15, 0.2) is 5.82 Å². The number of methoxy groups -OCH3 is 1. The van der Waals surface area contributed by atoms with E-state index in [1.165, 1.54) is 6.42 Å². The number of nitrogens with zero attached hydrogens (tertiary/aromatic N) is 3. The third-order valence-electron chi connectivity index (χ3n) is 3.19. The number of aromatic nitrogens is 2. The van der Waals surface area contributed by atoms with Gasteiger partial charge in [0, 0.05) is 31.2 Å². The number of hydrogen-bond acceptors (Lipinski definition) is 5. The largest absolute Gasteiger partial charge is 0.480 e. The van der Waals surface area contributed by atoms with E-state index >= 15 is 0 Å². The molecule has 2 atom stereocenters. The summed E-state index contributed by atoms with van der Waals surface area (Å²) in [4.78, 5) is 2.33. The Morgan fingerprint density at radius 2 is 2.40 bits per heavy atom. The highest BCUT2D eigenvalue weighted by Gasteiger charge is 2.38. The van der Waals surface area contributed by atoms with Gasteiger partial charge in [0.1, 0.15) is 0 Å². The molecule has 2 aliphatic rings. The molecule has 0 spiro atoms. The van der Waals surface area contributed by atoms with Crippen LogP contribution in [0.1, 0.15) is 6.42 Å². The van der Waals surface area contributed by atoms with Crippen molar-refractivity contribution in [3.8, 4) is 5.88 Å². The molecule has 0 radical (unpaired) electrons. The molecule has 2 fully saturated rings. The molecule has 0 aromatic carbocycles. The highest BCUT2D eigenvalue weighted by Crippen LogP contribution is 2.27. The average molecular weight is 206 g/mol. The molecule has 1 N–H and O–H groups in total. The Hall–Kier alpha value is -1.36. The fraction of sp³-hybridized carbons (Fsp3) is 0.600. The van der Waals surface area contributed by atoms with E-state index in [0.29, 0.717) is 18.0 Å². The number of piperazine rings is 1. The first-order chi connectivity index (χ1) is 7.36. The van der Waals surface area contributed by atoms with Crippen molar-refractivity contribution in [2.45, 2.75) is 18.5 Å². The molecule has 0 amide bonds. The summed E-state index contributed by atoms with van der Waals surface area (Å²) in [7, 11) is 1.60. The Bertz CT molecular complexity index is 353. The first kappa shape index (κ1) is 8.91. The van der Waals surface area contributed by atoms with Crippen LogP contribution in [0.25, 0.3) is 0 Å². The van der Waals surface area contributed by atoms with Crippen LogP contribution in [-0.2, 0) is 0 Å². The normalized spacial score (nSPS) is 28.5. The van der Waals surface area contributed by atoms with Crippen molar-refractivity contribution < 1.29 is 4.74 Å². The Morgan fingerprint density at radius 3 is 2.93 bits per heavy atom. The van der Waals surface area contributed by atoms with Crippen LogP contribution in [0, 0.1) is 0 Å². The zero-order valence-corrected chi connectivity index (χ0v) is 8.68. The van der Waals surface area contributed by atoms with E-state index in [4.69, 9.17) is 4.74 Å². The first-order valence-electron chi connectivity index (χ1n) is 5.24. The molecular weight excluding hydrogens is 192 g/mol. The molecule has 0 unspecified atom stereocenters. The van der Waals surface area contributed by atoms with Gasteiger partial charge in [-0.1, -0.05) is 0 Å². The summed E-state index contributed by atoms with van der Waals surface area (Å²) in [5, 5.41) is 11.6. The smallest absolute Gasteiger partial charge is 0.233 e. The topological polar surface area (TPSA) is 50.3 Å². The Kier molecular flexibility index (Phi) is 1.98. The maximum Gasteiger partial charge on any atom is 0.233 e. The zero-order valence-electron chi connectivity index (χ0n) is 8.68. The second-order valence-corrected chi connectivity index (χ2v) is 4.08. The van der Waals surface area contributed by atoms with Crippen molar-refractivity contribution in [2.75, 3.05) is 25.1 Å². The minimum atomic E-state index is 0.571. The standard InChI is InChI=1S/C10H14N4O/c1-15-10-3-2-9(12-13-10)14-6-7-4-8(14)5-11-7/h2-3,7-8,11H,4-6H2,1H3/t7-,8-/m0/s1. The van der Waals surface area contributed by atoms with Crippen LogP contribution in [0.2, 0.25) is 0 Å². The number of hydrogen-bond donors (Lipinski definition) is 1. The maximum atomic E-state index is 4.99. The lowest BCUT2D eigenvalue weighted by molar-refractivity contribution is 0.391. The minimum Gasteiger partial charge on any atom is -0.480 e. The monoisotopic (exact) mass is 206 g/mol. The number of fused-ring (bicyclic) bond motifs is 2. The summed E-state index contributed by atoms with van der Waals surface area (Å²) < 4.78 is 4.99. The van der Waals surface area contributed by atoms with Gasteiger partial charge in [-0.2, -0.15) is 0 Å². The number of ether oxygens (including phenoxy) is 1. The predicted molar refractivity (Wildman–Crippen MR) is 56.1 cm³/mol. The second kappa shape index (κ2) is 3.34.